The van der Waals surface area contributed by atoms with E-state index in [0.717, 1.165) is 38.5 Å². The first-order chi connectivity index (χ1) is 22.4. The minimum Gasteiger partial charge on any atom is -0.391 e. The molecule has 0 aromatic rings. The fourth-order valence-corrected chi connectivity index (χ4v) is 6.42. The maximum Gasteiger partial charge on any atom is 0.472 e. The lowest BCUT2D eigenvalue weighted by atomic mass is 10.0. The van der Waals surface area contributed by atoms with Crippen molar-refractivity contribution < 1.29 is 28.4 Å². The lowest BCUT2D eigenvalue weighted by Crippen LogP contribution is -2.46. The quantitative estimate of drug-likeness (QED) is 0.0295. The number of hydrogen-bond donors (Lipinski definition) is 4. The molecule has 0 aliphatic carbocycles. The van der Waals surface area contributed by atoms with Crippen LogP contribution in [0.5, 0.6) is 0 Å². The Labute approximate surface area is 284 Å². The van der Waals surface area contributed by atoms with Crippen LogP contribution in [-0.2, 0) is 18.4 Å². The van der Waals surface area contributed by atoms with Crippen molar-refractivity contribution in [1.29, 1.82) is 0 Å². The van der Waals surface area contributed by atoms with Gasteiger partial charge in [0.2, 0.25) is 5.91 Å². The van der Waals surface area contributed by atoms with Crippen LogP contribution in [-0.4, -0.2) is 47.8 Å². The third kappa shape index (κ3) is 31.8. The first-order valence-electron chi connectivity index (χ1n) is 19.3. The number of nitrogens with two attached hydrogens (primary N) is 1. The maximum absolute atomic E-state index is 12.7. The second-order valence-corrected chi connectivity index (χ2v) is 14.6. The molecule has 0 aliphatic rings. The van der Waals surface area contributed by atoms with E-state index in [-0.39, 0.29) is 25.7 Å². The summed E-state index contributed by atoms with van der Waals surface area (Å²) in [7, 11) is -4.30. The van der Waals surface area contributed by atoms with Crippen molar-refractivity contribution in [3.63, 3.8) is 0 Å². The van der Waals surface area contributed by atoms with Crippen LogP contribution in [0.2, 0.25) is 0 Å². The Balaban J connectivity index is 4.14. The van der Waals surface area contributed by atoms with Crippen molar-refractivity contribution in [2.75, 3.05) is 19.8 Å². The molecule has 5 N–H and O–H groups in total. The van der Waals surface area contributed by atoms with Crippen LogP contribution in [0.25, 0.3) is 0 Å². The summed E-state index contributed by atoms with van der Waals surface area (Å²) in [6, 6.07) is -0.770. The van der Waals surface area contributed by atoms with Crippen LogP contribution in [0.4, 0.5) is 0 Å². The molecule has 0 spiro atoms. The van der Waals surface area contributed by atoms with Gasteiger partial charge in [0, 0.05) is 13.0 Å². The number of rotatable bonds is 36. The molecule has 0 bridgehead atoms. The molecule has 0 saturated heterocycles. The van der Waals surface area contributed by atoms with E-state index in [0.29, 0.717) is 12.8 Å². The van der Waals surface area contributed by atoms with Crippen LogP contribution < -0.4 is 11.1 Å². The minimum atomic E-state index is -4.30. The van der Waals surface area contributed by atoms with E-state index in [2.05, 4.69) is 31.3 Å². The molecule has 9 heteroatoms. The zero-order valence-electron chi connectivity index (χ0n) is 30.1. The zero-order chi connectivity index (χ0) is 34.0. The largest absolute Gasteiger partial charge is 0.472 e. The molecule has 0 aromatic heterocycles. The highest BCUT2D eigenvalue weighted by atomic mass is 31.2. The van der Waals surface area contributed by atoms with Crippen molar-refractivity contribution in [3.05, 3.63) is 12.2 Å². The topological polar surface area (TPSA) is 131 Å². The highest BCUT2D eigenvalue weighted by Gasteiger charge is 2.27. The number of amides is 1. The number of aliphatic hydroxyl groups excluding tert-OH is 1. The average Bonchev–Trinajstić information content (AvgIpc) is 3.04. The van der Waals surface area contributed by atoms with Gasteiger partial charge in [-0.2, -0.15) is 0 Å². The number of carbonyl (C=O) groups is 1. The summed E-state index contributed by atoms with van der Waals surface area (Å²) >= 11 is 0. The number of phosphoric acid groups is 1. The van der Waals surface area contributed by atoms with Gasteiger partial charge in [0.1, 0.15) is 0 Å². The van der Waals surface area contributed by atoms with Gasteiger partial charge in [-0.05, 0) is 38.5 Å². The van der Waals surface area contributed by atoms with E-state index < -0.39 is 20.0 Å². The summed E-state index contributed by atoms with van der Waals surface area (Å²) < 4.78 is 22.0. The highest BCUT2D eigenvalue weighted by Crippen LogP contribution is 2.43. The molecule has 1 amide bonds. The van der Waals surface area contributed by atoms with Gasteiger partial charge in [0.05, 0.1) is 25.4 Å². The molecule has 0 fully saturated rings. The standard InChI is InChI=1S/C37H75N2O6P/c1-3-5-7-9-11-13-14-15-16-17-18-19-20-21-23-25-27-29-31-37(41)39-35(34-45-46(42,43)44-33-32-38)36(40)30-28-26-24-22-12-10-8-6-4-2/h16-17,35-36,40H,3-15,18-34,38H2,1-2H3,(H,39,41)(H,42,43)/b17-16-. The van der Waals surface area contributed by atoms with Gasteiger partial charge in [0.15, 0.2) is 0 Å². The van der Waals surface area contributed by atoms with Gasteiger partial charge in [-0.15, -0.1) is 0 Å². The van der Waals surface area contributed by atoms with E-state index in [1.54, 1.807) is 0 Å². The molecule has 0 heterocycles. The third-order valence-corrected chi connectivity index (χ3v) is 9.60. The van der Waals surface area contributed by atoms with E-state index in [4.69, 9.17) is 14.8 Å². The fourth-order valence-electron chi connectivity index (χ4n) is 5.66. The van der Waals surface area contributed by atoms with E-state index in [1.807, 2.05) is 0 Å². The Morgan fingerprint density at radius 3 is 1.61 bits per heavy atom. The van der Waals surface area contributed by atoms with Gasteiger partial charge in [-0.1, -0.05) is 154 Å². The minimum absolute atomic E-state index is 0.0893. The van der Waals surface area contributed by atoms with Crippen LogP contribution in [0, 0.1) is 0 Å². The molecule has 3 unspecified atom stereocenters. The number of hydrogen-bond acceptors (Lipinski definition) is 6. The van der Waals surface area contributed by atoms with Crippen molar-refractivity contribution in [1.82, 2.24) is 5.32 Å². The summed E-state index contributed by atoms with van der Waals surface area (Å²) in [6.07, 6.45) is 35.1. The molecule has 0 rings (SSSR count). The van der Waals surface area contributed by atoms with Gasteiger partial charge >= 0.3 is 7.82 Å². The second kappa shape index (κ2) is 34.1. The normalized spacial score (nSPS) is 14.5. The molecule has 274 valence electrons. The Morgan fingerprint density at radius 1 is 0.696 bits per heavy atom. The van der Waals surface area contributed by atoms with Crippen LogP contribution in [0.3, 0.4) is 0 Å². The van der Waals surface area contributed by atoms with Crippen molar-refractivity contribution in [3.8, 4) is 0 Å². The lowest BCUT2D eigenvalue weighted by Gasteiger charge is -2.25. The second-order valence-electron chi connectivity index (χ2n) is 13.1. The third-order valence-electron chi connectivity index (χ3n) is 8.62. The van der Waals surface area contributed by atoms with Crippen molar-refractivity contribution in [2.45, 2.75) is 199 Å². The first-order valence-corrected chi connectivity index (χ1v) is 20.8. The fraction of sp³-hybridized carbons (Fsp3) is 0.919. The molecule has 3 atom stereocenters. The Kier molecular flexibility index (Phi) is 33.6. The van der Waals surface area contributed by atoms with E-state index >= 15 is 0 Å². The summed E-state index contributed by atoms with van der Waals surface area (Å²) in [5.74, 6) is -0.168. The van der Waals surface area contributed by atoms with Gasteiger partial charge < -0.3 is 21.1 Å². The maximum atomic E-state index is 12.7. The number of nitrogens with one attached hydrogen (secondary N) is 1. The summed E-state index contributed by atoms with van der Waals surface area (Å²) in [5, 5.41) is 13.7. The van der Waals surface area contributed by atoms with Crippen LogP contribution in [0.15, 0.2) is 12.2 Å². The van der Waals surface area contributed by atoms with E-state index in [1.165, 1.54) is 122 Å². The van der Waals surface area contributed by atoms with Crippen LogP contribution >= 0.6 is 7.82 Å². The molecule has 0 saturated carbocycles. The first kappa shape index (κ1) is 45.2. The number of aliphatic hydroxyl groups is 1. The van der Waals surface area contributed by atoms with Crippen molar-refractivity contribution >= 4 is 13.7 Å². The molecule has 0 aliphatic heterocycles. The SMILES string of the molecule is CCCCCCCCC/C=C\CCCCCCCCCC(=O)NC(COP(=O)(O)OCCN)C(O)CCCCCCCCCCC. The van der Waals surface area contributed by atoms with Gasteiger partial charge in [-0.3, -0.25) is 13.8 Å². The number of unbranched alkanes of at least 4 members (excludes halogenated alkanes) is 22. The molecule has 0 radical (unpaired) electrons. The highest BCUT2D eigenvalue weighted by molar-refractivity contribution is 7.47. The monoisotopic (exact) mass is 675 g/mol. The molecular weight excluding hydrogens is 599 g/mol. The van der Waals surface area contributed by atoms with Gasteiger partial charge in [-0.25, -0.2) is 4.57 Å². The predicted octanol–water partition coefficient (Wildman–Crippen LogP) is 10.1. The average molecular weight is 675 g/mol. The molecule has 0 aromatic carbocycles. The molecule has 46 heavy (non-hydrogen) atoms. The predicted molar refractivity (Wildman–Crippen MR) is 194 cm³/mol. The Morgan fingerprint density at radius 2 is 1.13 bits per heavy atom. The summed E-state index contributed by atoms with van der Waals surface area (Å²) in [5.41, 5.74) is 5.35. The zero-order valence-corrected chi connectivity index (χ0v) is 31.0. The van der Waals surface area contributed by atoms with E-state index in [9.17, 15) is 19.4 Å². The summed E-state index contributed by atoms with van der Waals surface area (Å²) in [4.78, 5) is 22.6. The Bertz CT molecular complexity index is 739. The number of phosphoric ester groups is 1. The van der Waals surface area contributed by atoms with Gasteiger partial charge in [0.25, 0.3) is 0 Å². The lowest BCUT2D eigenvalue weighted by molar-refractivity contribution is -0.123. The number of allylic oxidation sites excluding steroid dienone is 2. The van der Waals surface area contributed by atoms with Crippen LogP contribution in [0.1, 0.15) is 187 Å². The van der Waals surface area contributed by atoms with Crippen molar-refractivity contribution in [2.24, 2.45) is 5.73 Å². The Hall–Kier alpha value is -0.760. The summed E-state index contributed by atoms with van der Waals surface area (Å²) in [6.45, 7) is 4.17. The molecular formula is C37H75N2O6P. The molecule has 8 nitrogen and oxygen atoms in total. The smallest absolute Gasteiger partial charge is 0.391 e. The number of carbonyl (C=O) groups excluding carboxylic acids is 1.